The van der Waals surface area contributed by atoms with Gasteiger partial charge in [-0.3, -0.25) is 9.69 Å². The molecule has 0 aromatic heterocycles. The van der Waals surface area contributed by atoms with Crippen LogP contribution in [0.5, 0.6) is 0 Å². The monoisotopic (exact) mass is 234 g/mol. The Labute approximate surface area is 95.8 Å². The summed E-state index contributed by atoms with van der Waals surface area (Å²) in [6.07, 6.45) is 2.30. The molecule has 1 rings (SSSR count). The molecule has 1 aliphatic heterocycles. The van der Waals surface area contributed by atoms with Crippen molar-refractivity contribution in [3.05, 3.63) is 0 Å². The highest BCUT2D eigenvalue weighted by atomic mass is 35.5. The van der Waals surface area contributed by atoms with E-state index < -0.39 is 11.3 Å². The van der Waals surface area contributed by atoms with Crippen molar-refractivity contribution in [2.45, 2.75) is 24.3 Å². The van der Waals surface area contributed by atoms with Crippen LogP contribution in [0.2, 0.25) is 0 Å². The Balaban J connectivity index is 2.39. The summed E-state index contributed by atoms with van der Waals surface area (Å²) >= 11 is 5.72. The maximum atomic E-state index is 10.6. The SMILES string of the molecule is CN(C)C1CCCN(CC(Cl)C(=O)O)C1. The van der Waals surface area contributed by atoms with Crippen LogP contribution in [0.15, 0.2) is 0 Å². The van der Waals surface area contributed by atoms with E-state index in [4.69, 9.17) is 16.7 Å². The van der Waals surface area contributed by atoms with E-state index in [2.05, 4.69) is 23.9 Å². The largest absolute Gasteiger partial charge is 0.480 e. The number of halogens is 1. The maximum Gasteiger partial charge on any atom is 0.322 e. The number of alkyl halides is 1. The maximum absolute atomic E-state index is 10.6. The summed E-state index contributed by atoms with van der Waals surface area (Å²) in [5.74, 6) is -0.927. The van der Waals surface area contributed by atoms with E-state index >= 15 is 0 Å². The number of piperidine rings is 1. The van der Waals surface area contributed by atoms with Gasteiger partial charge >= 0.3 is 5.97 Å². The number of aliphatic carboxylic acids is 1. The minimum absolute atomic E-state index is 0.446. The van der Waals surface area contributed by atoms with Crippen molar-refractivity contribution >= 4 is 17.6 Å². The molecule has 0 amide bonds. The molecule has 0 radical (unpaired) electrons. The fourth-order valence-corrected chi connectivity index (χ4v) is 2.12. The van der Waals surface area contributed by atoms with Gasteiger partial charge in [-0.05, 0) is 33.5 Å². The van der Waals surface area contributed by atoms with Crippen LogP contribution in [0.1, 0.15) is 12.8 Å². The zero-order valence-electron chi connectivity index (χ0n) is 9.32. The normalized spacial score (nSPS) is 25.5. The van der Waals surface area contributed by atoms with Crippen LogP contribution in [-0.4, -0.2) is 66.0 Å². The zero-order chi connectivity index (χ0) is 11.4. The van der Waals surface area contributed by atoms with Gasteiger partial charge in [0.15, 0.2) is 0 Å². The van der Waals surface area contributed by atoms with E-state index in [1.807, 2.05) is 0 Å². The first kappa shape index (κ1) is 12.7. The molecule has 2 atom stereocenters. The summed E-state index contributed by atoms with van der Waals surface area (Å²) in [7, 11) is 4.12. The minimum Gasteiger partial charge on any atom is -0.480 e. The number of carbonyl (C=O) groups is 1. The van der Waals surface area contributed by atoms with Gasteiger partial charge < -0.3 is 10.0 Å². The van der Waals surface area contributed by atoms with Crippen molar-refractivity contribution in [3.8, 4) is 0 Å². The fourth-order valence-electron chi connectivity index (χ4n) is 1.92. The van der Waals surface area contributed by atoms with E-state index in [0.29, 0.717) is 12.6 Å². The predicted molar refractivity (Wildman–Crippen MR) is 60.4 cm³/mol. The van der Waals surface area contributed by atoms with Gasteiger partial charge in [0.2, 0.25) is 0 Å². The van der Waals surface area contributed by atoms with Gasteiger partial charge in [-0.1, -0.05) is 0 Å². The van der Waals surface area contributed by atoms with Gasteiger partial charge in [-0.15, -0.1) is 11.6 Å². The molecule has 5 heteroatoms. The molecule has 0 spiro atoms. The van der Waals surface area contributed by atoms with Crippen molar-refractivity contribution in [2.24, 2.45) is 0 Å². The lowest BCUT2D eigenvalue weighted by molar-refractivity contribution is -0.137. The first-order valence-corrected chi connectivity index (χ1v) is 5.70. The van der Waals surface area contributed by atoms with E-state index in [-0.39, 0.29) is 0 Å². The first-order chi connectivity index (χ1) is 7.00. The third-order valence-corrected chi connectivity index (χ3v) is 3.22. The highest BCUT2D eigenvalue weighted by Crippen LogP contribution is 2.14. The lowest BCUT2D eigenvalue weighted by Crippen LogP contribution is -2.47. The van der Waals surface area contributed by atoms with E-state index in [9.17, 15) is 4.79 Å². The molecule has 88 valence electrons. The molecule has 0 aromatic rings. The third-order valence-electron chi connectivity index (χ3n) is 2.90. The molecular formula is C10H19ClN2O2. The van der Waals surface area contributed by atoms with Crippen LogP contribution in [0.4, 0.5) is 0 Å². The molecule has 0 saturated carbocycles. The molecule has 0 aliphatic carbocycles. The summed E-state index contributed by atoms with van der Waals surface area (Å²) in [6, 6.07) is 0.524. The van der Waals surface area contributed by atoms with Crippen LogP contribution in [-0.2, 0) is 4.79 Å². The van der Waals surface area contributed by atoms with Crippen molar-refractivity contribution < 1.29 is 9.90 Å². The Bertz CT molecular complexity index is 223. The van der Waals surface area contributed by atoms with E-state index in [1.54, 1.807) is 0 Å². The van der Waals surface area contributed by atoms with Crippen LogP contribution >= 0.6 is 11.6 Å². The molecule has 2 unspecified atom stereocenters. The van der Waals surface area contributed by atoms with Gasteiger partial charge in [0, 0.05) is 19.1 Å². The molecule has 1 N–H and O–H groups in total. The number of rotatable bonds is 4. The van der Waals surface area contributed by atoms with Crippen LogP contribution < -0.4 is 0 Å². The molecular weight excluding hydrogens is 216 g/mol. The lowest BCUT2D eigenvalue weighted by Gasteiger charge is -2.36. The van der Waals surface area contributed by atoms with Gasteiger partial charge in [-0.2, -0.15) is 0 Å². The smallest absolute Gasteiger partial charge is 0.322 e. The first-order valence-electron chi connectivity index (χ1n) is 5.26. The van der Waals surface area contributed by atoms with E-state index in [0.717, 1.165) is 19.5 Å². The van der Waals surface area contributed by atoms with Gasteiger partial charge in [-0.25, -0.2) is 0 Å². The summed E-state index contributed by atoms with van der Waals surface area (Å²) in [5, 5.41) is 7.93. The molecule has 1 heterocycles. The second kappa shape index (κ2) is 5.68. The predicted octanol–water partition coefficient (Wildman–Crippen LogP) is 0.704. The summed E-state index contributed by atoms with van der Waals surface area (Å²) in [6.45, 7) is 2.32. The number of hydrogen-bond acceptors (Lipinski definition) is 3. The second-order valence-corrected chi connectivity index (χ2v) is 4.85. The third kappa shape index (κ3) is 3.97. The van der Waals surface area contributed by atoms with Crippen molar-refractivity contribution in [1.29, 1.82) is 0 Å². The average Bonchev–Trinajstić information content (AvgIpc) is 2.18. The van der Waals surface area contributed by atoms with Crippen LogP contribution in [0.3, 0.4) is 0 Å². The number of nitrogens with zero attached hydrogens (tertiary/aromatic N) is 2. The Morgan fingerprint density at radius 3 is 2.87 bits per heavy atom. The van der Waals surface area contributed by atoms with Gasteiger partial charge in [0.05, 0.1) is 0 Å². The Hall–Kier alpha value is -0.320. The van der Waals surface area contributed by atoms with Crippen molar-refractivity contribution in [2.75, 3.05) is 33.7 Å². The topological polar surface area (TPSA) is 43.8 Å². The lowest BCUT2D eigenvalue weighted by atomic mass is 10.0. The summed E-state index contributed by atoms with van der Waals surface area (Å²) < 4.78 is 0. The summed E-state index contributed by atoms with van der Waals surface area (Å²) in [5.41, 5.74) is 0. The average molecular weight is 235 g/mol. The molecule has 1 aliphatic rings. The van der Waals surface area contributed by atoms with Gasteiger partial charge in [0.25, 0.3) is 0 Å². The second-order valence-electron chi connectivity index (χ2n) is 4.33. The van der Waals surface area contributed by atoms with Crippen molar-refractivity contribution in [3.63, 3.8) is 0 Å². The van der Waals surface area contributed by atoms with Crippen molar-refractivity contribution in [1.82, 2.24) is 9.80 Å². The van der Waals surface area contributed by atoms with Crippen LogP contribution in [0, 0.1) is 0 Å². The highest BCUT2D eigenvalue weighted by Gasteiger charge is 2.25. The Kier molecular flexibility index (Phi) is 4.83. The molecule has 4 nitrogen and oxygen atoms in total. The fraction of sp³-hybridized carbons (Fsp3) is 0.900. The number of likely N-dealkylation sites (tertiary alicyclic amines) is 1. The molecule has 0 bridgehead atoms. The zero-order valence-corrected chi connectivity index (χ0v) is 10.1. The van der Waals surface area contributed by atoms with Gasteiger partial charge in [0.1, 0.15) is 5.38 Å². The Morgan fingerprint density at radius 1 is 1.67 bits per heavy atom. The highest BCUT2D eigenvalue weighted by molar-refractivity contribution is 6.29. The quantitative estimate of drug-likeness (QED) is 0.728. The Morgan fingerprint density at radius 2 is 2.33 bits per heavy atom. The summed E-state index contributed by atoms with van der Waals surface area (Å²) in [4.78, 5) is 14.9. The van der Waals surface area contributed by atoms with E-state index in [1.165, 1.54) is 6.42 Å². The molecule has 0 aromatic carbocycles. The molecule has 15 heavy (non-hydrogen) atoms. The number of hydrogen-bond donors (Lipinski definition) is 1. The number of carboxylic acid groups (broad SMARTS) is 1. The molecule has 1 fully saturated rings. The standard InChI is InChI=1S/C10H19ClN2O2/c1-12(2)8-4-3-5-13(6-8)7-9(11)10(14)15/h8-9H,3-7H2,1-2H3,(H,14,15). The minimum atomic E-state index is -0.927. The number of likely N-dealkylation sites (N-methyl/N-ethyl adjacent to an activating group) is 1. The molecule has 1 saturated heterocycles. The van der Waals surface area contributed by atoms with Crippen LogP contribution in [0.25, 0.3) is 0 Å². The number of carboxylic acids is 1.